The molecule has 0 saturated heterocycles. The van der Waals surface area contributed by atoms with Gasteiger partial charge in [-0.2, -0.15) is 0 Å². The first-order valence-corrected chi connectivity index (χ1v) is 10.9. The van der Waals surface area contributed by atoms with E-state index in [9.17, 15) is 0 Å². The Hall–Kier alpha value is -2.76. The SMILES string of the molecule is COc1ccc(OC)c(CCNC(=S)N(Cc2ccccc2)Cc2ccc(Cl)cc2)c1. The van der Waals surface area contributed by atoms with Gasteiger partial charge in [-0.25, -0.2) is 0 Å². The van der Waals surface area contributed by atoms with Crippen LogP contribution >= 0.6 is 23.8 Å². The molecule has 0 aliphatic heterocycles. The number of benzene rings is 3. The summed E-state index contributed by atoms with van der Waals surface area (Å²) in [6, 6.07) is 24.0. The van der Waals surface area contributed by atoms with E-state index in [1.807, 2.05) is 60.7 Å². The molecule has 0 bridgehead atoms. The predicted octanol–water partition coefficient (Wildman–Crippen LogP) is 5.48. The molecule has 0 heterocycles. The maximum Gasteiger partial charge on any atom is 0.169 e. The van der Waals surface area contributed by atoms with Crippen LogP contribution in [0, 0.1) is 0 Å². The van der Waals surface area contributed by atoms with Crippen LogP contribution in [0.4, 0.5) is 0 Å². The Morgan fingerprint density at radius 2 is 1.58 bits per heavy atom. The highest BCUT2D eigenvalue weighted by atomic mass is 35.5. The van der Waals surface area contributed by atoms with E-state index in [1.165, 1.54) is 5.56 Å². The maximum absolute atomic E-state index is 6.04. The zero-order valence-electron chi connectivity index (χ0n) is 17.8. The first kappa shape index (κ1) is 22.9. The third-order valence-corrected chi connectivity index (χ3v) is 5.60. The van der Waals surface area contributed by atoms with Crippen LogP contribution in [0.5, 0.6) is 11.5 Å². The van der Waals surface area contributed by atoms with Crippen molar-refractivity contribution in [3.63, 3.8) is 0 Å². The molecule has 162 valence electrons. The third-order valence-electron chi connectivity index (χ3n) is 4.95. The third kappa shape index (κ3) is 6.88. The zero-order chi connectivity index (χ0) is 22.1. The smallest absolute Gasteiger partial charge is 0.169 e. The molecule has 0 atom stereocenters. The number of thiocarbonyl (C=S) groups is 1. The van der Waals surface area contributed by atoms with Crippen molar-refractivity contribution in [2.45, 2.75) is 19.5 Å². The van der Waals surface area contributed by atoms with Crippen LogP contribution < -0.4 is 14.8 Å². The molecule has 3 rings (SSSR count). The second-order valence-electron chi connectivity index (χ2n) is 7.13. The van der Waals surface area contributed by atoms with Crippen molar-refractivity contribution in [2.75, 3.05) is 20.8 Å². The molecule has 0 fully saturated rings. The summed E-state index contributed by atoms with van der Waals surface area (Å²) in [5.41, 5.74) is 3.43. The molecule has 0 radical (unpaired) electrons. The number of nitrogens with one attached hydrogen (secondary N) is 1. The van der Waals surface area contributed by atoms with Gasteiger partial charge >= 0.3 is 0 Å². The van der Waals surface area contributed by atoms with Crippen molar-refractivity contribution < 1.29 is 9.47 Å². The molecule has 31 heavy (non-hydrogen) atoms. The molecule has 4 nitrogen and oxygen atoms in total. The number of nitrogens with zero attached hydrogens (tertiary/aromatic N) is 1. The van der Waals surface area contributed by atoms with Crippen LogP contribution in [0.1, 0.15) is 16.7 Å². The lowest BCUT2D eigenvalue weighted by molar-refractivity contribution is 0.395. The van der Waals surface area contributed by atoms with Gasteiger partial charge in [0.25, 0.3) is 0 Å². The summed E-state index contributed by atoms with van der Waals surface area (Å²) in [4.78, 5) is 2.16. The van der Waals surface area contributed by atoms with Crippen molar-refractivity contribution in [1.29, 1.82) is 0 Å². The van der Waals surface area contributed by atoms with E-state index in [4.69, 9.17) is 33.3 Å². The lowest BCUT2D eigenvalue weighted by Crippen LogP contribution is -2.39. The first-order chi connectivity index (χ1) is 15.1. The second kappa shape index (κ2) is 11.6. The van der Waals surface area contributed by atoms with E-state index in [2.05, 4.69) is 22.3 Å². The Balaban J connectivity index is 1.67. The van der Waals surface area contributed by atoms with Gasteiger partial charge in [0.2, 0.25) is 0 Å². The number of halogens is 1. The molecule has 0 aromatic heterocycles. The Bertz CT molecular complexity index is 981. The van der Waals surface area contributed by atoms with Gasteiger partial charge in [-0.1, -0.05) is 54.1 Å². The molecule has 0 spiro atoms. The van der Waals surface area contributed by atoms with Crippen molar-refractivity contribution in [1.82, 2.24) is 10.2 Å². The average Bonchev–Trinajstić information content (AvgIpc) is 2.80. The lowest BCUT2D eigenvalue weighted by Gasteiger charge is -2.26. The van der Waals surface area contributed by atoms with Gasteiger partial charge in [-0.15, -0.1) is 0 Å². The molecule has 0 saturated carbocycles. The average molecular weight is 455 g/mol. The summed E-state index contributed by atoms with van der Waals surface area (Å²) < 4.78 is 10.8. The summed E-state index contributed by atoms with van der Waals surface area (Å²) >= 11 is 11.8. The van der Waals surface area contributed by atoms with Gasteiger partial charge in [0.1, 0.15) is 11.5 Å². The Morgan fingerprint density at radius 3 is 2.23 bits per heavy atom. The topological polar surface area (TPSA) is 33.7 Å². The summed E-state index contributed by atoms with van der Waals surface area (Å²) in [5, 5.41) is 4.84. The number of hydrogen-bond donors (Lipinski definition) is 1. The van der Waals surface area contributed by atoms with Crippen LogP contribution in [-0.4, -0.2) is 30.8 Å². The van der Waals surface area contributed by atoms with Crippen LogP contribution in [0.25, 0.3) is 0 Å². The van der Waals surface area contributed by atoms with Crippen molar-refractivity contribution in [3.05, 3.63) is 94.5 Å². The van der Waals surface area contributed by atoms with Gasteiger partial charge in [0.15, 0.2) is 5.11 Å². The highest BCUT2D eigenvalue weighted by Gasteiger charge is 2.12. The monoisotopic (exact) mass is 454 g/mol. The lowest BCUT2D eigenvalue weighted by atomic mass is 10.1. The number of rotatable bonds is 9. The van der Waals surface area contributed by atoms with E-state index >= 15 is 0 Å². The molecule has 1 N–H and O–H groups in total. The predicted molar refractivity (Wildman–Crippen MR) is 131 cm³/mol. The van der Waals surface area contributed by atoms with E-state index in [0.29, 0.717) is 18.2 Å². The summed E-state index contributed by atoms with van der Waals surface area (Å²) in [7, 11) is 3.34. The number of ether oxygens (including phenoxy) is 2. The van der Waals surface area contributed by atoms with Gasteiger partial charge in [-0.3, -0.25) is 0 Å². The Labute approximate surface area is 194 Å². The van der Waals surface area contributed by atoms with Crippen LogP contribution in [-0.2, 0) is 19.5 Å². The molecule has 3 aromatic carbocycles. The van der Waals surface area contributed by atoms with E-state index in [1.54, 1.807) is 14.2 Å². The molecule has 6 heteroatoms. The largest absolute Gasteiger partial charge is 0.497 e. The molecule has 0 amide bonds. The van der Waals surface area contributed by atoms with Gasteiger partial charge in [0.05, 0.1) is 14.2 Å². The van der Waals surface area contributed by atoms with E-state index < -0.39 is 0 Å². The number of hydrogen-bond acceptors (Lipinski definition) is 3. The quantitative estimate of drug-likeness (QED) is 0.433. The fraction of sp³-hybridized carbons (Fsp3) is 0.240. The van der Waals surface area contributed by atoms with Crippen LogP contribution in [0.3, 0.4) is 0 Å². The highest BCUT2D eigenvalue weighted by Crippen LogP contribution is 2.24. The minimum absolute atomic E-state index is 0.689. The van der Waals surface area contributed by atoms with E-state index in [0.717, 1.165) is 40.6 Å². The second-order valence-corrected chi connectivity index (χ2v) is 7.95. The van der Waals surface area contributed by atoms with Crippen LogP contribution in [0.15, 0.2) is 72.8 Å². The molecular weight excluding hydrogens is 428 g/mol. The van der Waals surface area contributed by atoms with Gasteiger partial charge in [-0.05, 0) is 65.7 Å². The summed E-state index contributed by atoms with van der Waals surface area (Å²) in [6.45, 7) is 2.10. The molecule has 0 unspecified atom stereocenters. The zero-order valence-corrected chi connectivity index (χ0v) is 19.4. The summed E-state index contributed by atoms with van der Waals surface area (Å²) in [6.07, 6.45) is 0.765. The van der Waals surface area contributed by atoms with Gasteiger partial charge < -0.3 is 19.7 Å². The first-order valence-electron chi connectivity index (χ1n) is 10.1. The normalized spacial score (nSPS) is 10.4. The minimum Gasteiger partial charge on any atom is -0.497 e. The van der Waals surface area contributed by atoms with Crippen molar-refractivity contribution >= 4 is 28.9 Å². The molecule has 0 aliphatic carbocycles. The van der Waals surface area contributed by atoms with Gasteiger partial charge in [0, 0.05) is 24.7 Å². The Morgan fingerprint density at radius 1 is 0.903 bits per heavy atom. The van der Waals surface area contributed by atoms with E-state index in [-0.39, 0.29) is 0 Å². The maximum atomic E-state index is 6.04. The fourth-order valence-electron chi connectivity index (χ4n) is 3.31. The van der Waals surface area contributed by atoms with Crippen molar-refractivity contribution in [3.8, 4) is 11.5 Å². The molecule has 3 aromatic rings. The number of methoxy groups -OCH3 is 2. The molecular formula is C25H27ClN2O2S. The molecule has 0 aliphatic rings. The van der Waals surface area contributed by atoms with Crippen LogP contribution in [0.2, 0.25) is 5.02 Å². The van der Waals surface area contributed by atoms with Crippen molar-refractivity contribution in [2.24, 2.45) is 0 Å². The Kier molecular flexibility index (Phi) is 8.56. The standard InChI is InChI=1S/C25H27ClN2O2S/c1-29-23-12-13-24(30-2)21(16-23)14-15-27-25(31)28(17-19-6-4-3-5-7-19)18-20-8-10-22(26)11-9-20/h3-13,16H,14-15,17-18H2,1-2H3,(H,27,31). The fourth-order valence-corrected chi connectivity index (χ4v) is 3.66. The summed E-state index contributed by atoms with van der Waals surface area (Å²) in [5.74, 6) is 1.66. The minimum atomic E-state index is 0.689. The highest BCUT2D eigenvalue weighted by molar-refractivity contribution is 7.80.